The third-order valence-corrected chi connectivity index (χ3v) is 12.2. The van der Waals surface area contributed by atoms with Gasteiger partial charge in [-0.25, -0.2) is 0 Å². The number of thioether (sulfide) groups is 1. The van der Waals surface area contributed by atoms with E-state index in [1.54, 1.807) is 6.92 Å². The topological polar surface area (TPSA) is 137 Å². The smallest absolute Gasteiger partial charge is 0.311 e. The van der Waals surface area contributed by atoms with Crippen molar-refractivity contribution in [1.82, 2.24) is 0 Å². The minimum absolute atomic E-state index is 0.0570. The van der Waals surface area contributed by atoms with Crippen molar-refractivity contribution in [3.8, 4) is 0 Å². The Labute approximate surface area is 241 Å². The van der Waals surface area contributed by atoms with Crippen LogP contribution < -0.4 is 0 Å². The highest BCUT2D eigenvalue weighted by atomic mass is 32.2. The second-order valence-electron chi connectivity index (χ2n) is 11.3. The van der Waals surface area contributed by atoms with Gasteiger partial charge in [0.1, 0.15) is 10.2 Å². The van der Waals surface area contributed by atoms with Crippen LogP contribution in [0.1, 0.15) is 66.2 Å². The van der Waals surface area contributed by atoms with Gasteiger partial charge in [0, 0.05) is 27.7 Å². The molecule has 0 spiro atoms. The number of nitrogens with zero attached hydrogens (tertiary/aromatic N) is 3. The molecule has 40 heavy (non-hydrogen) atoms. The second-order valence-corrected chi connectivity index (χ2v) is 14.3. The third kappa shape index (κ3) is 6.32. The minimum Gasteiger partial charge on any atom is -0.469 e. The summed E-state index contributed by atoms with van der Waals surface area (Å²) in [5, 5.41) is 2.99. The van der Waals surface area contributed by atoms with E-state index in [0.29, 0.717) is 6.42 Å². The molecule has 0 N–H and O–H groups in total. The molecule has 3 fully saturated rings. The average molecular weight is 596 g/mol. The summed E-state index contributed by atoms with van der Waals surface area (Å²) >= 11 is 1.40. The van der Waals surface area contributed by atoms with Crippen molar-refractivity contribution in [1.29, 1.82) is 0 Å². The number of hydrogen-bond acceptors (Lipinski definition) is 9. The molecule has 0 amide bonds. The predicted molar refractivity (Wildman–Crippen MR) is 152 cm³/mol. The van der Waals surface area contributed by atoms with E-state index >= 15 is 0 Å². The summed E-state index contributed by atoms with van der Waals surface area (Å²) in [7, 11) is -2.73. The van der Waals surface area contributed by atoms with Gasteiger partial charge in [-0.15, -0.1) is 0 Å². The van der Waals surface area contributed by atoms with Gasteiger partial charge in [0.2, 0.25) is 0 Å². The zero-order valence-electron chi connectivity index (χ0n) is 23.8. The maximum Gasteiger partial charge on any atom is 0.311 e. The molecule has 3 saturated heterocycles. The molecule has 0 aliphatic carbocycles. The fourth-order valence-electron chi connectivity index (χ4n) is 6.47. The van der Waals surface area contributed by atoms with Crippen LogP contribution in [0.2, 0.25) is 0 Å². The minimum atomic E-state index is -4.05. The summed E-state index contributed by atoms with van der Waals surface area (Å²) in [5.74, 6) is -1.65. The van der Waals surface area contributed by atoms with E-state index < -0.39 is 44.4 Å². The SMILES string of the molecule is CCC[C@H](C[C@@H]1CC[C@H]([C@@H](C)[C@@H]2OS(=O)(=O)[C@H]3C[C@H]([C@@H](C)C(=O)OC)O[C@@]3(Sc3ccccc3)[C@H]2C)O1)N=[N+]=[N-]. The molecule has 1 aromatic carbocycles. The molecule has 4 rings (SSSR count). The van der Waals surface area contributed by atoms with E-state index in [1.807, 2.05) is 44.2 Å². The summed E-state index contributed by atoms with van der Waals surface area (Å²) in [6.45, 7) is 7.73. The number of ether oxygens (including phenoxy) is 3. The van der Waals surface area contributed by atoms with Crippen molar-refractivity contribution in [2.75, 3.05) is 7.11 Å². The summed E-state index contributed by atoms with van der Waals surface area (Å²) in [6, 6.07) is 9.48. The van der Waals surface area contributed by atoms with Gasteiger partial charge in [-0.2, -0.15) is 8.42 Å². The summed E-state index contributed by atoms with van der Waals surface area (Å²) in [5.41, 5.74) is 8.93. The quantitative estimate of drug-likeness (QED) is 0.102. The first-order valence-corrected chi connectivity index (χ1v) is 16.5. The lowest BCUT2D eigenvalue weighted by molar-refractivity contribution is -0.152. The Hall–Kier alpha value is -1.82. The number of fused-ring (bicyclic) bond motifs is 1. The summed E-state index contributed by atoms with van der Waals surface area (Å²) < 4.78 is 51.6. The summed E-state index contributed by atoms with van der Waals surface area (Å²) in [4.78, 5) is 15.1. The second kappa shape index (κ2) is 13.0. The maximum absolute atomic E-state index is 13.8. The number of hydrogen-bond donors (Lipinski definition) is 0. The van der Waals surface area contributed by atoms with Gasteiger partial charge in [0.15, 0.2) is 0 Å². The van der Waals surface area contributed by atoms with E-state index in [-0.39, 0.29) is 36.5 Å². The van der Waals surface area contributed by atoms with E-state index in [2.05, 4.69) is 16.9 Å². The number of rotatable bonds is 11. The third-order valence-electron chi connectivity index (χ3n) is 8.72. The van der Waals surface area contributed by atoms with Gasteiger partial charge in [-0.1, -0.05) is 62.3 Å². The van der Waals surface area contributed by atoms with Crippen LogP contribution in [0.3, 0.4) is 0 Å². The Morgan fingerprint density at radius 2 is 1.98 bits per heavy atom. The number of carbonyl (C=O) groups excluding carboxylic acids is 1. The molecule has 12 heteroatoms. The van der Waals surface area contributed by atoms with Gasteiger partial charge >= 0.3 is 5.97 Å². The largest absolute Gasteiger partial charge is 0.469 e. The Balaban J connectivity index is 1.60. The highest BCUT2D eigenvalue weighted by molar-refractivity contribution is 8.01. The molecule has 10 nitrogen and oxygen atoms in total. The van der Waals surface area contributed by atoms with Gasteiger partial charge in [0.05, 0.1) is 37.4 Å². The van der Waals surface area contributed by atoms with Crippen LogP contribution in [0.4, 0.5) is 0 Å². The summed E-state index contributed by atoms with van der Waals surface area (Å²) in [6.07, 6.45) is 2.50. The first kappa shape index (κ1) is 31.1. The molecule has 0 radical (unpaired) electrons. The standard InChI is InChI=1S/C28H41N3O7S2/c1-6-10-20(30-31-29)15-21-13-14-23(36-21)17(2)26-19(4)28(39-22-11-8-7-9-12-22)25(40(33,34)38-26)16-24(37-28)18(3)27(32)35-5/h7-9,11-12,17-21,23-26H,6,10,13-16H2,1-5H3/t17-,18-,19+,20-,21+,23-,24-,25+,26+,28-/m1/s1. The lowest BCUT2D eigenvalue weighted by atomic mass is 9.83. The van der Waals surface area contributed by atoms with Crippen LogP contribution in [0.25, 0.3) is 10.4 Å². The molecule has 3 heterocycles. The van der Waals surface area contributed by atoms with E-state index in [0.717, 1.165) is 30.6 Å². The zero-order chi connectivity index (χ0) is 29.1. The lowest BCUT2D eigenvalue weighted by Gasteiger charge is -2.48. The van der Waals surface area contributed by atoms with E-state index in [4.69, 9.17) is 23.9 Å². The number of carbonyl (C=O) groups is 1. The molecule has 10 atom stereocenters. The Morgan fingerprint density at radius 1 is 1.25 bits per heavy atom. The monoisotopic (exact) mass is 595 g/mol. The number of methoxy groups -OCH3 is 1. The molecular formula is C28H41N3O7S2. The Morgan fingerprint density at radius 3 is 2.62 bits per heavy atom. The molecule has 0 bridgehead atoms. The van der Waals surface area contributed by atoms with Crippen molar-refractivity contribution in [3.05, 3.63) is 40.8 Å². The number of benzene rings is 1. The van der Waals surface area contributed by atoms with Crippen LogP contribution >= 0.6 is 11.8 Å². The molecule has 0 unspecified atom stereocenters. The molecule has 0 saturated carbocycles. The first-order valence-electron chi connectivity index (χ1n) is 14.2. The van der Waals surface area contributed by atoms with Crippen molar-refractivity contribution >= 4 is 27.8 Å². The highest BCUT2D eigenvalue weighted by Gasteiger charge is 2.66. The zero-order valence-corrected chi connectivity index (χ0v) is 25.5. The fraction of sp³-hybridized carbons (Fsp3) is 0.750. The van der Waals surface area contributed by atoms with Gasteiger partial charge < -0.3 is 14.2 Å². The number of esters is 1. The van der Waals surface area contributed by atoms with Crippen molar-refractivity contribution < 1.29 is 31.6 Å². The molecule has 222 valence electrons. The van der Waals surface area contributed by atoms with E-state index in [9.17, 15) is 13.2 Å². The van der Waals surface area contributed by atoms with Gasteiger partial charge in [0.25, 0.3) is 10.1 Å². The van der Waals surface area contributed by atoms with Crippen LogP contribution in [-0.2, 0) is 33.3 Å². The Kier molecular flexibility index (Phi) is 10.1. The molecule has 0 aromatic heterocycles. The normalized spacial score (nSPS) is 35.2. The predicted octanol–water partition coefficient (Wildman–Crippen LogP) is 5.86. The highest BCUT2D eigenvalue weighted by Crippen LogP contribution is 2.57. The van der Waals surface area contributed by atoms with Crippen molar-refractivity contribution in [2.24, 2.45) is 22.9 Å². The van der Waals surface area contributed by atoms with Crippen molar-refractivity contribution in [2.45, 2.75) is 112 Å². The van der Waals surface area contributed by atoms with Crippen LogP contribution in [0, 0.1) is 17.8 Å². The molecule has 1 aromatic rings. The van der Waals surface area contributed by atoms with Crippen LogP contribution in [0.5, 0.6) is 0 Å². The molecule has 3 aliphatic rings. The van der Waals surface area contributed by atoms with Crippen LogP contribution in [-0.4, -0.2) is 62.1 Å². The number of azide groups is 1. The van der Waals surface area contributed by atoms with Crippen molar-refractivity contribution in [3.63, 3.8) is 0 Å². The van der Waals surface area contributed by atoms with Crippen LogP contribution in [0.15, 0.2) is 40.3 Å². The fourth-order valence-corrected chi connectivity index (χ4v) is 10.2. The molecule has 3 aliphatic heterocycles. The van der Waals surface area contributed by atoms with Gasteiger partial charge in [-0.05, 0) is 56.7 Å². The van der Waals surface area contributed by atoms with Gasteiger partial charge in [-0.3, -0.25) is 8.98 Å². The molecular weight excluding hydrogens is 554 g/mol. The Bertz CT molecular complexity index is 1180. The first-order chi connectivity index (χ1) is 19.1. The lowest BCUT2D eigenvalue weighted by Crippen LogP contribution is -2.59. The maximum atomic E-state index is 13.8. The average Bonchev–Trinajstić information content (AvgIpc) is 3.57. The van der Waals surface area contributed by atoms with E-state index in [1.165, 1.54) is 18.9 Å².